The quantitative estimate of drug-likeness (QED) is 0.0961. The number of carbonyl (C=O) groups is 3. The summed E-state index contributed by atoms with van der Waals surface area (Å²) in [7, 11) is 1.31. The van der Waals surface area contributed by atoms with Crippen LogP contribution in [0.2, 0.25) is 0 Å². The van der Waals surface area contributed by atoms with Crippen LogP contribution < -0.4 is 10.2 Å². The first kappa shape index (κ1) is 36.1. The van der Waals surface area contributed by atoms with Crippen molar-refractivity contribution in [3.8, 4) is 0 Å². The van der Waals surface area contributed by atoms with E-state index in [1.807, 2.05) is 0 Å². The van der Waals surface area contributed by atoms with E-state index in [1.165, 1.54) is 7.11 Å². The molecule has 0 fully saturated rings. The number of hydrogen-bond donors (Lipinski definition) is 4. The molecule has 0 spiro atoms. The van der Waals surface area contributed by atoms with E-state index in [2.05, 4.69) is 11.3 Å². The molecular weight excluding hydrogens is 413 g/mol. The summed E-state index contributed by atoms with van der Waals surface area (Å²) in [6.45, 7) is 1.53. The van der Waals surface area contributed by atoms with Crippen LogP contribution in [0.3, 0.4) is 0 Å². The minimum absolute atomic E-state index is 0. The maximum Gasteiger partial charge on any atom is 2.00 e. The van der Waals surface area contributed by atoms with Gasteiger partial charge in [-0.2, -0.15) is 0 Å². The van der Waals surface area contributed by atoms with Crippen molar-refractivity contribution < 1.29 is 49.8 Å². The Morgan fingerprint density at radius 3 is 1.23 bits per heavy atom. The summed E-state index contributed by atoms with van der Waals surface area (Å²) >= 11 is 0. The van der Waals surface area contributed by atoms with Gasteiger partial charge < -0.3 is 45.0 Å². The molecule has 0 aromatic carbocycles. The summed E-state index contributed by atoms with van der Waals surface area (Å²) in [4.78, 5) is 29.9. The number of aliphatic hydroxyl groups is 4. The SMILES string of the molecule is C=CC(=O)OC.O=C([O-])CCCCCCCCC(=O)[O-].OCC(CO)(CO)CO.[Mg+2]. The summed E-state index contributed by atoms with van der Waals surface area (Å²) in [5.41, 5.74) is -1.11. The van der Waals surface area contributed by atoms with Crippen LogP contribution in [-0.2, 0) is 19.1 Å². The average Bonchev–Trinajstić information content (AvgIpc) is 2.72. The number of ether oxygens (including phenoxy) is 1. The fourth-order valence-electron chi connectivity index (χ4n) is 1.63. The van der Waals surface area contributed by atoms with E-state index in [-0.39, 0.29) is 35.9 Å². The maximum atomic E-state index is 10.0. The normalized spacial score (nSPS) is 9.63. The van der Waals surface area contributed by atoms with Gasteiger partial charge in [-0.05, 0) is 25.7 Å². The zero-order valence-corrected chi connectivity index (χ0v) is 19.1. The molecule has 0 saturated heterocycles. The topological polar surface area (TPSA) is 187 Å². The Balaban J connectivity index is -0.000000182. The summed E-state index contributed by atoms with van der Waals surface area (Å²) in [6, 6.07) is 0. The first-order chi connectivity index (χ1) is 13.7. The third kappa shape index (κ3) is 26.8. The Hall–Kier alpha value is -1.24. The summed E-state index contributed by atoms with van der Waals surface area (Å²) in [5.74, 6) is -2.39. The molecule has 4 N–H and O–H groups in total. The zero-order chi connectivity index (χ0) is 23.1. The molecule has 0 aromatic rings. The third-order valence-corrected chi connectivity index (χ3v) is 3.72. The number of aliphatic hydroxyl groups excluding tert-OH is 4. The van der Waals surface area contributed by atoms with E-state index < -0.39 is 49.8 Å². The van der Waals surface area contributed by atoms with Crippen molar-refractivity contribution in [3.63, 3.8) is 0 Å². The smallest absolute Gasteiger partial charge is 0.550 e. The predicted molar refractivity (Wildman–Crippen MR) is 106 cm³/mol. The Kier molecular flexibility index (Phi) is 31.1. The average molecular weight is 447 g/mol. The molecule has 0 aliphatic heterocycles. The minimum Gasteiger partial charge on any atom is -0.550 e. The number of aliphatic carboxylic acids is 2. The number of carboxylic acids is 2. The van der Waals surface area contributed by atoms with Gasteiger partial charge in [0.05, 0.1) is 39.0 Å². The number of rotatable bonds is 14. The fourth-order valence-corrected chi connectivity index (χ4v) is 1.63. The van der Waals surface area contributed by atoms with Crippen LogP contribution in [0.15, 0.2) is 12.7 Å². The van der Waals surface area contributed by atoms with Gasteiger partial charge in [-0.3, -0.25) is 0 Å². The van der Waals surface area contributed by atoms with E-state index in [1.54, 1.807) is 0 Å². The van der Waals surface area contributed by atoms with Crippen LogP contribution in [0.1, 0.15) is 51.4 Å². The molecular formula is C19H34MgO10. The zero-order valence-electron chi connectivity index (χ0n) is 17.7. The predicted octanol–water partition coefficient (Wildman–Crippen LogP) is -2.49. The Morgan fingerprint density at radius 2 is 1.10 bits per heavy atom. The standard InChI is InChI=1S/C10H18O4.C5H12O4.C4H6O2.Mg/c11-9(12)7-5-3-1-2-4-6-8-10(13)14;6-1-5(2-7,3-8)4-9;1-3-4(5)6-2;/h1-8H2,(H,11,12)(H,13,14);6-9H,1-4H2;3H,1H2,2H3;/q;;;+2/p-2. The molecule has 172 valence electrons. The summed E-state index contributed by atoms with van der Waals surface area (Å²) in [6.07, 6.45) is 6.34. The molecule has 0 atom stereocenters. The molecule has 10 nitrogen and oxygen atoms in total. The van der Waals surface area contributed by atoms with Crippen LogP contribution in [-0.4, -0.2) is 94.9 Å². The van der Waals surface area contributed by atoms with Gasteiger partial charge in [-0.1, -0.05) is 32.3 Å². The molecule has 0 bridgehead atoms. The van der Waals surface area contributed by atoms with E-state index >= 15 is 0 Å². The Bertz CT molecular complexity index is 402. The second kappa shape index (κ2) is 25.8. The largest absolute Gasteiger partial charge is 2.00 e. The summed E-state index contributed by atoms with van der Waals surface area (Å²) in [5, 5.41) is 54.0. The van der Waals surface area contributed by atoms with Crippen molar-refractivity contribution in [2.75, 3.05) is 33.5 Å². The Morgan fingerprint density at radius 1 is 0.800 bits per heavy atom. The number of hydrogen-bond acceptors (Lipinski definition) is 10. The van der Waals surface area contributed by atoms with Gasteiger partial charge in [0.1, 0.15) is 0 Å². The first-order valence-electron chi connectivity index (χ1n) is 9.22. The number of carboxylic acid groups (broad SMARTS) is 2. The molecule has 0 aliphatic carbocycles. The minimum atomic E-state index is -1.11. The molecule has 0 unspecified atom stereocenters. The van der Waals surface area contributed by atoms with Crippen molar-refractivity contribution in [2.24, 2.45) is 5.41 Å². The van der Waals surface area contributed by atoms with E-state index in [0.717, 1.165) is 31.8 Å². The van der Waals surface area contributed by atoms with Gasteiger partial charge in [-0.15, -0.1) is 0 Å². The van der Waals surface area contributed by atoms with E-state index in [4.69, 9.17) is 20.4 Å². The second-order valence-electron chi connectivity index (χ2n) is 6.23. The number of esters is 1. The molecule has 0 aliphatic rings. The maximum absolute atomic E-state index is 10.0. The van der Waals surface area contributed by atoms with Crippen molar-refractivity contribution in [3.05, 3.63) is 12.7 Å². The van der Waals surface area contributed by atoms with Crippen LogP contribution in [0.5, 0.6) is 0 Å². The van der Waals surface area contributed by atoms with Gasteiger partial charge in [0.15, 0.2) is 0 Å². The fraction of sp³-hybridized carbons (Fsp3) is 0.737. The van der Waals surface area contributed by atoms with E-state index in [9.17, 15) is 24.6 Å². The number of unbranched alkanes of at least 4 members (excludes halogenated alkanes) is 5. The first-order valence-corrected chi connectivity index (χ1v) is 9.22. The number of carbonyl (C=O) groups excluding carboxylic acids is 3. The number of methoxy groups -OCH3 is 1. The van der Waals surface area contributed by atoms with Gasteiger partial charge in [0, 0.05) is 18.0 Å². The van der Waals surface area contributed by atoms with Crippen molar-refractivity contribution in [1.82, 2.24) is 0 Å². The van der Waals surface area contributed by atoms with Crippen molar-refractivity contribution in [2.45, 2.75) is 51.4 Å². The van der Waals surface area contributed by atoms with Gasteiger partial charge >= 0.3 is 29.0 Å². The van der Waals surface area contributed by atoms with E-state index in [0.29, 0.717) is 12.8 Å². The van der Waals surface area contributed by atoms with Crippen molar-refractivity contribution in [1.29, 1.82) is 0 Å². The molecule has 11 heteroatoms. The summed E-state index contributed by atoms with van der Waals surface area (Å²) < 4.78 is 4.14. The molecule has 0 amide bonds. The molecule has 0 saturated carbocycles. The Labute approximate surface area is 193 Å². The molecule has 0 heterocycles. The second-order valence-corrected chi connectivity index (χ2v) is 6.23. The monoisotopic (exact) mass is 446 g/mol. The third-order valence-electron chi connectivity index (χ3n) is 3.72. The molecule has 0 aromatic heterocycles. The van der Waals surface area contributed by atoms with Crippen LogP contribution >= 0.6 is 0 Å². The van der Waals surface area contributed by atoms with Crippen LogP contribution in [0.4, 0.5) is 0 Å². The van der Waals surface area contributed by atoms with Crippen LogP contribution in [0.25, 0.3) is 0 Å². The van der Waals surface area contributed by atoms with Gasteiger partial charge in [0.2, 0.25) is 0 Å². The molecule has 30 heavy (non-hydrogen) atoms. The van der Waals surface area contributed by atoms with Crippen molar-refractivity contribution >= 4 is 41.0 Å². The van der Waals surface area contributed by atoms with Crippen LogP contribution in [0, 0.1) is 5.41 Å². The van der Waals surface area contributed by atoms with Gasteiger partial charge in [-0.25, -0.2) is 4.79 Å². The molecule has 0 rings (SSSR count). The van der Waals surface area contributed by atoms with Gasteiger partial charge in [0.25, 0.3) is 0 Å². The molecule has 0 radical (unpaired) electrons.